The van der Waals surface area contributed by atoms with Gasteiger partial charge in [0.25, 0.3) is 0 Å². The van der Waals surface area contributed by atoms with Gasteiger partial charge in [0.1, 0.15) is 0 Å². The van der Waals surface area contributed by atoms with Crippen LogP contribution in [0.1, 0.15) is 58.3 Å². The predicted molar refractivity (Wildman–Crippen MR) is 89.7 cm³/mol. The Labute approximate surface area is 131 Å². The molecule has 0 spiro atoms. The number of nitrogens with zero attached hydrogens (tertiary/aromatic N) is 2. The number of nitrogens with one attached hydrogen (secondary N) is 1. The molecule has 2 heterocycles. The first-order valence-corrected chi connectivity index (χ1v) is 9.56. The molecule has 0 aromatic carbocycles. The van der Waals surface area contributed by atoms with E-state index in [1.54, 1.807) is 0 Å². The zero-order valence-electron chi connectivity index (χ0n) is 14.0. The molecule has 21 heavy (non-hydrogen) atoms. The molecule has 3 fully saturated rings. The van der Waals surface area contributed by atoms with Crippen LogP contribution in [-0.2, 0) is 0 Å². The molecule has 1 aliphatic carbocycles. The van der Waals surface area contributed by atoms with Crippen molar-refractivity contribution in [3.63, 3.8) is 0 Å². The molecule has 3 aliphatic rings. The second-order valence-electron chi connectivity index (χ2n) is 7.48. The summed E-state index contributed by atoms with van der Waals surface area (Å²) in [4.78, 5) is 5.53. The molecular weight excluding hydrogens is 258 g/mol. The lowest BCUT2D eigenvalue weighted by Gasteiger charge is -2.32. The van der Waals surface area contributed by atoms with Crippen molar-refractivity contribution in [2.45, 2.75) is 70.4 Å². The van der Waals surface area contributed by atoms with Crippen molar-refractivity contribution < 1.29 is 0 Å². The van der Waals surface area contributed by atoms with Gasteiger partial charge in [0.15, 0.2) is 0 Å². The normalized spacial score (nSPS) is 35.6. The molecule has 0 radical (unpaired) electrons. The van der Waals surface area contributed by atoms with Crippen LogP contribution < -0.4 is 5.32 Å². The number of piperidine rings is 1. The van der Waals surface area contributed by atoms with Crippen LogP contribution in [0.15, 0.2) is 0 Å². The van der Waals surface area contributed by atoms with Crippen molar-refractivity contribution in [3.05, 3.63) is 0 Å². The van der Waals surface area contributed by atoms with Crippen molar-refractivity contribution in [3.8, 4) is 0 Å². The summed E-state index contributed by atoms with van der Waals surface area (Å²) in [5.74, 6) is 0.944. The van der Waals surface area contributed by atoms with Crippen LogP contribution in [0.3, 0.4) is 0 Å². The van der Waals surface area contributed by atoms with E-state index in [-0.39, 0.29) is 0 Å². The van der Waals surface area contributed by atoms with Crippen molar-refractivity contribution in [2.75, 3.05) is 39.3 Å². The molecule has 1 N–H and O–H groups in total. The molecule has 3 heteroatoms. The molecule has 0 aromatic heterocycles. The average molecular weight is 293 g/mol. The quantitative estimate of drug-likeness (QED) is 0.812. The average Bonchev–Trinajstić information content (AvgIpc) is 3.16. The second-order valence-corrected chi connectivity index (χ2v) is 7.48. The van der Waals surface area contributed by atoms with Crippen molar-refractivity contribution in [2.24, 2.45) is 5.92 Å². The maximum Gasteiger partial charge on any atom is 0.0235 e. The summed E-state index contributed by atoms with van der Waals surface area (Å²) in [6, 6.07) is 1.69. The molecule has 0 bridgehead atoms. The Bertz CT molecular complexity index is 301. The molecule has 3 atom stereocenters. The summed E-state index contributed by atoms with van der Waals surface area (Å²) in [6.07, 6.45) is 11.5. The van der Waals surface area contributed by atoms with Gasteiger partial charge in [-0.3, -0.25) is 4.90 Å². The van der Waals surface area contributed by atoms with E-state index in [4.69, 9.17) is 0 Å². The third-order valence-corrected chi connectivity index (χ3v) is 6.10. The Morgan fingerprint density at radius 2 is 1.81 bits per heavy atom. The maximum atomic E-state index is 3.70. The standard InChI is InChI=1S/C18H35N3/c1-2-19-18-8-6-7-16(18)9-13-20-14-10-17(15-20)21-11-4-3-5-12-21/h16-19H,2-15H2,1H3. The Kier molecular flexibility index (Phi) is 5.96. The summed E-state index contributed by atoms with van der Waals surface area (Å²) >= 11 is 0. The van der Waals surface area contributed by atoms with Crippen LogP contribution in [0.4, 0.5) is 0 Å². The summed E-state index contributed by atoms with van der Waals surface area (Å²) in [5, 5.41) is 3.70. The van der Waals surface area contributed by atoms with Crippen LogP contribution in [0.25, 0.3) is 0 Å². The van der Waals surface area contributed by atoms with Crippen LogP contribution in [0, 0.1) is 5.92 Å². The molecule has 2 aliphatic heterocycles. The minimum absolute atomic E-state index is 0.815. The van der Waals surface area contributed by atoms with Gasteiger partial charge in [-0.2, -0.15) is 0 Å². The first-order valence-electron chi connectivity index (χ1n) is 9.56. The molecule has 122 valence electrons. The fraction of sp³-hybridized carbons (Fsp3) is 1.00. The maximum absolute atomic E-state index is 3.70. The highest BCUT2D eigenvalue weighted by Gasteiger charge is 2.30. The second kappa shape index (κ2) is 7.94. The molecule has 2 saturated heterocycles. The lowest BCUT2D eigenvalue weighted by molar-refractivity contribution is 0.160. The fourth-order valence-corrected chi connectivity index (χ4v) is 4.86. The van der Waals surface area contributed by atoms with Crippen molar-refractivity contribution in [1.82, 2.24) is 15.1 Å². The molecule has 3 rings (SSSR count). The SMILES string of the molecule is CCNC1CCCC1CCN1CCC(N2CCCCC2)C1. The van der Waals surface area contributed by atoms with E-state index >= 15 is 0 Å². The van der Waals surface area contributed by atoms with Gasteiger partial charge in [-0.25, -0.2) is 0 Å². The first kappa shape index (κ1) is 15.8. The molecule has 0 amide bonds. The van der Waals surface area contributed by atoms with E-state index in [9.17, 15) is 0 Å². The van der Waals surface area contributed by atoms with Gasteiger partial charge in [0, 0.05) is 18.6 Å². The predicted octanol–water partition coefficient (Wildman–Crippen LogP) is 2.71. The highest BCUT2D eigenvalue weighted by atomic mass is 15.3. The van der Waals surface area contributed by atoms with Gasteiger partial charge >= 0.3 is 0 Å². The third kappa shape index (κ3) is 4.20. The van der Waals surface area contributed by atoms with Crippen LogP contribution in [-0.4, -0.2) is 61.2 Å². The molecule has 3 nitrogen and oxygen atoms in total. The van der Waals surface area contributed by atoms with Gasteiger partial charge in [0.05, 0.1) is 0 Å². The van der Waals surface area contributed by atoms with Crippen molar-refractivity contribution in [1.29, 1.82) is 0 Å². The summed E-state index contributed by atoms with van der Waals surface area (Å²) in [6.45, 7) is 10.2. The summed E-state index contributed by atoms with van der Waals surface area (Å²) in [7, 11) is 0. The van der Waals surface area contributed by atoms with Gasteiger partial charge in [-0.1, -0.05) is 19.8 Å². The lowest BCUT2D eigenvalue weighted by atomic mass is 9.99. The van der Waals surface area contributed by atoms with Gasteiger partial charge < -0.3 is 10.2 Å². The number of hydrogen-bond acceptors (Lipinski definition) is 3. The highest BCUT2D eigenvalue weighted by Crippen LogP contribution is 2.29. The molecular formula is C18H35N3. The number of rotatable bonds is 6. The van der Waals surface area contributed by atoms with Crippen LogP contribution in [0.2, 0.25) is 0 Å². The number of hydrogen-bond donors (Lipinski definition) is 1. The summed E-state index contributed by atoms with van der Waals surface area (Å²) < 4.78 is 0. The van der Waals surface area contributed by atoms with E-state index in [0.717, 1.165) is 24.5 Å². The largest absolute Gasteiger partial charge is 0.314 e. The Balaban J connectivity index is 1.38. The van der Waals surface area contributed by atoms with E-state index < -0.39 is 0 Å². The third-order valence-electron chi connectivity index (χ3n) is 6.10. The smallest absolute Gasteiger partial charge is 0.0235 e. The van der Waals surface area contributed by atoms with Gasteiger partial charge in [-0.15, -0.1) is 0 Å². The highest BCUT2D eigenvalue weighted by molar-refractivity contribution is 4.87. The zero-order chi connectivity index (χ0) is 14.5. The van der Waals surface area contributed by atoms with E-state index in [1.807, 2.05) is 0 Å². The minimum atomic E-state index is 0.815. The van der Waals surface area contributed by atoms with Crippen molar-refractivity contribution >= 4 is 0 Å². The lowest BCUT2D eigenvalue weighted by Crippen LogP contribution is -2.41. The monoisotopic (exact) mass is 293 g/mol. The topological polar surface area (TPSA) is 18.5 Å². The minimum Gasteiger partial charge on any atom is -0.314 e. The van der Waals surface area contributed by atoms with Crippen LogP contribution in [0.5, 0.6) is 0 Å². The Morgan fingerprint density at radius 3 is 2.62 bits per heavy atom. The van der Waals surface area contributed by atoms with E-state index in [1.165, 1.54) is 84.1 Å². The molecule has 3 unspecified atom stereocenters. The number of likely N-dealkylation sites (tertiary alicyclic amines) is 2. The van der Waals surface area contributed by atoms with E-state index in [0.29, 0.717) is 0 Å². The first-order chi connectivity index (χ1) is 10.4. The molecule has 0 aromatic rings. The zero-order valence-corrected chi connectivity index (χ0v) is 14.0. The van der Waals surface area contributed by atoms with Gasteiger partial charge in [-0.05, 0) is 77.2 Å². The fourth-order valence-electron chi connectivity index (χ4n) is 4.86. The van der Waals surface area contributed by atoms with Gasteiger partial charge in [0.2, 0.25) is 0 Å². The van der Waals surface area contributed by atoms with Crippen LogP contribution >= 0.6 is 0 Å². The Morgan fingerprint density at radius 1 is 0.952 bits per heavy atom. The van der Waals surface area contributed by atoms with E-state index in [2.05, 4.69) is 22.0 Å². The Hall–Kier alpha value is -0.120. The molecule has 1 saturated carbocycles. The summed E-state index contributed by atoms with van der Waals surface area (Å²) in [5.41, 5.74) is 0.